The lowest BCUT2D eigenvalue weighted by Gasteiger charge is -2.42. The van der Waals surface area contributed by atoms with Gasteiger partial charge in [0.1, 0.15) is 24.7 Å². The van der Waals surface area contributed by atoms with Crippen molar-refractivity contribution in [1.82, 2.24) is 21.3 Å². The highest BCUT2D eigenvalue weighted by molar-refractivity contribution is 5.93. The quantitative estimate of drug-likeness (QED) is 0.0334. The van der Waals surface area contributed by atoms with E-state index in [1.807, 2.05) is 6.92 Å². The minimum atomic E-state index is -1.48. The molecule has 2 aliphatic heterocycles. The molecule has 0 aromatic carbocycles. The lowest BCUT2D eigenvalue weighted by Crippen LogP contribution is -2.53. The number of carbonyl (C=O) groups excluding carboxylic acids is 5. The van der Waals surface area contributed by atoms with Crippen LogP contribution in [0.2, 0.25) is 0 Å². The van der Waals surface area contributed by atoms with Crippen molar-refractivity contribution < 1.29 is 48.1 Å². The zero-order chi connectivity index (χ0) is 36.5. The fourth-order valence-corrected chi connectivity index (χ4v) is 6.78. The third-order valence-corrected chi connectivity index (χ3v) is 9.38. The summed E-state index contributed by atoms with van der Waals surface area (Å²) in [6.45, 7) is 8.18. The van der Waals surface area contributed by atoms with Gasteiger partial charge in [-0.1, -0.05) is 20.8 Å². The van der Waals surface area contributed by atoms with Crippen molar-refractivity contribution in [1.29, 1.82) is 0 Å². The van der Waals surface area contributed by atoms with Crippen molar-refractivity contribution in [2.75, 3.05) is 26.2 Å². The van der Waals surface area contributed by atoms with E-state index in [1.165, 1.54) is 0 Å². The van der Waals surface area contributed by atoms with E-state index >= 15 is 0 Å². The number of epoxide rings is 2. The second kappa shape index (κ2) is 17.0. The van der Waals surface area contributed by atoms with E-state index in [4.69, 9.17) is 36.5 Å². The predicted octanol–water partition coefficient (Wildman–Crippen LogP) is -1.41. The Bertz CT molecular complexity index is 1270. The molecule has 1 spiro atoms. The molecule has 18 heteroatoms. The van der Waals surface area contributed by atoms with Gasteiger partial charge in [-0.05, 0) is 51.4 Å². The SMILES string of the molecule is CC(C)CC[C@H]1O[C@]1(C)[C@H]1[C@H](C)[C@H](OC(=O)NCC(=O)N[C@@H](CCCN=C(N)N)C(=O)NCC(=O)N[C@@H](CC(=O)O)C(N)=O)CC[C@]12CO2. The third kappa shape index (κ3) is 11.4. The number of amides is 5. The van der Waals surface area contributed by atoms with E-state index in [0.717, 1.165) is 19.3 Å². The van der Waals surface area contributed by atoms with Gasteiger partial charge in [-0.2, -0.15) is 0 Å². The van der Waals surface area contributed by atoms with Gasteiger partial charge in [0.25, 0.3) is 0 Å². The number of aliphatic imine (C=N–C) groups is 1. The fourth-order valence-electron chi connectivity index (χ4n) is 6.78. The standard InChI is InChI=1S/C31H52N8O10/c1-16(2)7-8-21-30(4,49-21)25-17(3)20(9-10-31(25)15-47-31)48-29(46)37-14-23(41)38-18(6-5-11-35-28(33)34)27(45)36-13-22(40)39-19(26(32)44)12-24(42)43/h16-21,25H,5-15H2,1-4H3,(H2,32,44)(H,36,45)(H,37,46)(H,38,41)(H,39,40)(H,42,43)(H4,33,34,35)/t17-,18+,19+,20-,21-,25-,30+,31+/m1/s1. The molecule has 3 rings (SSSR count). The first kappa shape index (κ1) is 39.3. The number of nitrogens with zero attached hydrogens (tertiary/aromatic N) is 1. The van der Waals surface area contributed by atoms with Crippen molar-refractivity contribution in [3.05, 3.63) is 0 Å². The molecule has 1 aliphatic carbocycles. The van der Waals surface area contributed by atoms with Crippen LogP contribution >= 0.6 is 0 Å². The van der Waals surface area contributed by atoms with E-state index in [0.29, 0.717) is 18.9 Å². The maximum Gasteiger partial charge on any atom is 0.407 e. The summed E-state index contributed by atoms with van der Waals surface area (Å²) in [6.07, 6.45) is 1.86. The highest BCUT2D eigenvalue weighted by atomic mass is 16.6. The second-order valence-corrected chi connectivity index (χ2v) is 13.7. The van der Waals surface area contributed by atoms with Gasteiger partial charge in [-0.15, -0.1) is 0 Å². The summed E-state index contributed by atoms with van der Waals surface area (Å²) in [5.74, 6) is -4.35. The van der Waals surface area contributed by atoms with Crippen molar-refractivity contribution in [3.63, 3.8) is 0 Å². The first-order valence-corrected chi connectivity index (χ1v) is 16.7. The molecule has 1 saturated carbocycles. The molecule has 2 saturated heterocycles. The third-order valence-electron chi connectivity index (χ3n) is 9.38. The molecule has 11 N–H and O–H groups in total. The van der Waals surface area contributed by atoms with Crippen molar-refractivity contribution in [3.8, 4) is 0 Å². The Morgan fingerprint density at radius 1 is 1.00 bits per heavy atom. The average Bonchev–Trinajstić information content (AvgIpc) is 3.92. The smallest absolute Gasteiger partial charge is 0.407 e. The maximum atomic E-state index is 12.9. The molecule has 3 aliphatic rings. The first-order chi connectivity index (χ1) is 23.0. The number of carboxylic acids is 1. The number of carbonyl (C=O) groups is 6. The molecule has 2 heterocycles. The Kier molecular flexibility index (Phi) is 13.6. The summed E-state index contributed by atoms with van der Waals surface area (Å²) in [6, 6.07) is -2.64. The summed E-state index contributed by atoms with van der Waals surface area (Å²) in [5, 5.41) is 18.3. The van der Waals surface area contributed by atoms with Crippen molar-refractivity contribution in [2.45, 2.75) is 108 Å². The number of ether oxygens (including phenoxy) is 3. The highest BCUT2D eigenvalue weighted by Crippen LogP contribution is 2.61. The number of hydrogen-bond acceptors (Lipinski definition) is 10. The summed E-state index contributed by atoms with van der Waals surface area (Å²) in [5.41, 5.74) is 15.2. The molecule has 49 heavy (non-hydrogen) atoms. The topological polar surface area (TPSA) is 295 Å². The number of nitrogens with two attached hydrogens (primary N) is 3. The molecule has 0 aromatic rings. The summed E-state index contributed by atoms with van der Waals surface area (Å²) in [7, 11) is 0. The van der Waals surface area contributed by atoms with E-state index in [1.54, 1.807) is 0 Å². The number of carboxylic acid groups (broad SMARTS) is 1. The molecule has 0 bridgehead atoms. The number of guanidine groups is 1. The van der Waals surface area contributed by atoms with Gasteiger partial charge < -0.3 is 57.8 Å². The van der Waals surface area contributed by atoms with Crippen LogP contribution in [0.5, 0.6) is 0 Å². The van der Waals surface area contributed by atoms with Gasteiger partial charge in [0.2, 0.25) is 23.6 Å². The molecule has 5 amide bonds. The van der Waals surface area contributed by atoms with Gasteiger partial charge in [-0.25, -0.2) is 4.79 Å². The van der Waals surface area contributed by atoms with Crippen LogP contribution in [0.1, 0.15) is 72.6 Å². The van der Waals surface area contributed by atoms with Gasteiger partial charge in [0, 0.05) is 18.4 Å². The van der Waals surface area contributed by atoms with Crippen LogP contribution < -0.4 is 38.5 Å². The molecular weight excluding hydrogens is 644 g/mol. The Morgan fingerprint density at radius 2 is 1.63 bits per heavy atom. The zero-order valence-corrected chi connectivity index (χ0v) is 28.6. The monoisotopic (exact) mass is 696 g/mol. The van der Waals surface area contributed by atoms with Gasteiger partial charge in [-0.3, -0.25) is 29.0 Å². The normalized spacial score (nSPS) is 28.0. The van der Waals surface area contributed by atoms with E-state index in [9.17, 15) is 28.8 Å². The Balaban J connectivity index is 1.52. The number of primary amides is 1. The summed E-state index contributed by atoms with van der Waals surface area (Å²) in [4.78, 5) is 77.0. The van der Waals surface area contributed by atoms with E-state index in [2.05, 4.69) is 47.0 Å². The second-order valence-electron chi connectivity index (χ2n) is 13.7. The van der Waals surface area contributed by atoms with Crippen LogP contribution in [0.3, 0.4) is 0 Å². The number of alkyl carbamates (subject to hydrolysis) is 1. The maximum absolute atomic E-state index is 12.9. The van der Waals surface area contributed by atoms with Crippen LogP contribution in [0.15, 0.2) is 4.99 Å². The van der Waals surface area contributed by atoms with Crippen LogP contribution in [0.25, 0.3) is 0 Å². The minimum Gasteiger partial charge on any atom is -0.481 e. The summed E-state index contributed by atoms with van der Waals surface area (Å²) >= 11 is 0. The zero-order valence-electron chi connectivity index (χ0n) is 28.6. The molecular formula is C31H52N8O10. The van der Waals surface area contributed by atoms with Crippen molar-refractivity contribution in [2.24, 2.45) is 39.9 Å². The summed E-state index contributed by atoms with van der Waals surface area (Å²) < 4.78 is 18.0. The number of rotatable bonds is 19. The van der Waals surface area contributed by atoms with E-state index < -0.39 is 73.4 Å². The average molecular weight is 697 g/mol. The van der Waals surface area contributed by atoms with Crippen LogP contribution in [-0.4, -0.2) is 108 Å². The Labute approximate surface area is 285 Å². The van der Waals surface area contributed by atoms with Gasteiger partial charge >= 0.3 is 12.1 Å². The molecule has 0 radical (unpaired) electrons. The molecule has 0 unspecified atom stereocenters. The fraction of sp³-hybridized carbons (Fsp3) is 0.774. The van der Waals surface area contributed by atoms with Gasteiger partial charge in [0.05, 0.1) is 36.9 Å². The largest absolute Gasteiger partial charge is 0.481 e. The lowest BCUT2D eigenvalue weighted by molar-refractivity contribution is -0.140. The lowest BCUT2D eigenvalue weighted by atomic mass is 9.64. The minimum absolute atomic E-state index is 0.0474. The highest BCUT2D eigenvalue weighted by Gasteiger charge is 2.71. The molecule has 0 aromatic heterocycles. The molecule has 8 atom stereocenters. The number of aliphatic carboxylic acids is 1. The molecule has 18 nitrogen and oxygen atoms in total. The number of hydrogen-bond donors (Lipinski definition) is 8. The van der Waals surface area contributed by atoms with Gasteiger partial charge in [0.15, 0.2) is 5.96 Å². The van der Waals surface area contributed by atoms with Crippen LogP contribution in [-0.2, 0) is 38.2 Å². The number of nitrogens with one attached hydrogen (secondary N) is 4. The Morgan fingerprint density at radius 3 is 2.20 bits per heavy atom. The van der Waals surface area contributed by atoms with Crippen LogP contribution in [0, 0.1) is 17.8 Å². The molecule has 276 valence electrons. The first-order valence-electron chi connectivity index (χ1n) is 16.7. The predicted molar refractivity (Wildman–Crippen MR) is 174 cm³/mol. The van der Waals surface area contributed by atoms with Crippen molar-refractivity contribution >= 4 is 41.7 Å². The molecule has 3 fully saturated rings. The van der Waals surface area contributed by atoms with Crippen LogP contribution in [0.4, 0.5) is 4.79 Å². The Hall–Kier alpha value is -4.19. The van der Waals surface area contributed by atoms with E-state index in [-0.39, 0.29) is 54.5 Å².